The molecule has 1 heterocycles. The second-order valence-electron chi connectivity index (χ2n) is 5.46. The smallest absolute Gasteiger partial charge is 0.252 e. The van der Waals surface area contributed by atoms with Gasteiger partial charge in [-0.15, -0.1) is 11.3 Å². The van der Waals surface area contributed by atoms with E-state index in [9.17, 15) is 9.70 Å². The highest BCUT2D eigenvalue weighted by Gasteiger charge is 2.28. The van der Waals surface area contributed by atoms with Crippen LogP contribution in [0.5, 0.6) is 0 Å². The molecule has 0 spiro atoms. The van der Waals surface area contributed by atoms with Crippen LogP contribution in [0.15, 0.2) is 10.6 Å². The minimum atomic E-state index is -0.234. The van der Waals surface area contributed by atoms with Crippen LogP contribution in [0.4, 0.5) is 0 Å². The van der Waals surface area contributed by atoms with Crippen LogP contribution >= 0.6 is 11.3 Å². The molecule has 0 saturated heterocycles. The lowest BCUT2D eigenvalue weighted by atomic mass is 9.92. The van der Waals surface area contributed by atoms with E-state index in [1.807, 2.05) is 5.38 Å². The summed E-state index contributed by atoms with van der Waals surface area (Å²) in [6.45, 7) is 0. The molecule has 0 radical (unpaired) electrons. The second kappa shape index (κ2) is 5.41. The third-order valence-corrected chi connectivity index (χ3v) is 5.32. The van der Waals surface area contributed by atoms with Crippen molar-refractivity contribution >= 4 is 17.2 Å². The molecule has 1 aromatic rings. The van der Waals surface area contributed by atoms with Gasteiger partial charge in [-0.1, -0.05) is 18.0 Å². The molecule has 1 unspecified atom stereocenters. The molecule has 3 rings (SSSR count). The lowest BCUT2D eigenvalue weighted by Gasteiger charge is -2.18. The van der Waals surface area contributed by atoms with Gasteiger partial charge in [0.05, 0.1) is 5.56 Å². The van der Waals surface area contributed by atoms with Crippen molar-refractivity contribution in [2.75, 3.05) is 0 Å². The third-order valence-electron chi connectivity index (χ3n) is 4.20. The molecule has 4 nitrogen and oxygen atoms in total. The number of nitroso groups, excluding NO2 is 1. The average Bonchev–Trinajstić information content (AvgIpc) is 3.06. The van der Waals surface area contributed by atoms with Gasteiger partial charge in [0.15, 0.2) is 0 Å². The standard InChI is InChI=1S/C14H18N2O2S/c17-14(15-9-4-1-2-5-9)11-8-19-13-10(11)6-3-7-12(13)16-18/h8-9,12H,1-7H2,(H,15,17). The van der Waals surface area contributed by atoms with Crippen LogP contribution in [0.2, 0.25) is 0 Å². The zero-order valence-electron chi connectivity index (χ0n) is 10.9. The largest absolute Gasteiger partial charge is 0.349 e. The Hall–Kier alpha value is -1.23. The Labute approximate surface area is 116 Å². The Morgan fingerprint density at radius 3 is 2.79 bits per heavy atom. The van der Waals surface area contributed by atoms with Gasteiger partial charge in [0.25, 0.3) is 5.91 Å². The predicted octanol–water partition coefficient (Wildman–Crippen LogP) is 3.56. The molecule has 5 heteroatoms. The number of thiophene rings is 1. The van der Waals surface area contributed by atoms with Crippen molar-refractivity contribution in [3.63, 3.8) is 0 Å². The van der Waals surface area contributed by atoms with Crippen LogP contribution in [0.1, 0.15) is 65.4 Å². The van der Waals surface area contributed by atoms with Crippen LogP contribution in [0.3, 0.4) is 0 Å². The van der Waals surface area contributed by atoms with E-state index < -0.39 is 0 Å². The first-order valence-corrected chi connectivity index (χ1v) is 7.91. The van der Waals surface area contributed by atoms with Gasteiger partial charge in [-0.25, -0.2) is 0 Å². The van der Waals surface area contributed by atoms with Crippen molar-refractivity contribution in [3.05, 3.63) is 26.3 Å². The van der Waals surface area contributed by atoms with E-state index in [2.05, 4.69) is 10.5 Å². The third kappa shape index (κ3) is 2.43. The Kier molecular flexibility index (Phi) is 3.64. The number of carbonyl (C=O) groups is 1. The molecule has 1 fully saturated rings. The maximum absolute atomic E-state index is 12.3. The van der Waals surface area contributed by atoms with E-state index in [1.54, 1.807) is 0 Å². The molecule has 0 aliphatic heterocycles. The molecule has 1 N–H and O–H groups in total. The van der Waals surface area contributed by atoms with Crippen LogP contribution in [-0.4, -0.2) is 11.9 Å². The first kappa shape index (κ1) is 12.8. The molecular formula is C14H18N2O2S. The lowest BCUT2D eigenvalue weighted by Crippen LogP contribution is -2.33. The molecule has 1 atom stereocenters. The fourth-order valence-corrected chi connectivity index (χ4v) is 4.33. The number of hydrogen-bond donors (Lipinski definition) is 1. The maximum atomic E-state index is 12.3. The number of rotatable bonds is 3. The molecule has 19 heavy (non-hydrogen) atoms. The highest BCUT2D eigenvalue weighted by Crippen LogP contribution is 2.38. The van der Waals surface area contributed by atoms with Gasteiger partial charge >= 0.3 is 0 Å². The van der Waals surface area contributed by atoms with E-state index in [1.165, 1.54) is 24.2 Å². The molecule has 2 aliphatic rings. The van der Waals surface area contributed by atoms with Gasteiger partial charge in [0.2, 0.25) is 0 Å². The Morgan fingerprint density at radius 2 is 2.05 bits per heavy atom. The van der Waals surface area contributed by atoms with Crippen molar-refractivity contribution in [1.29, 1.82) is 0 Å². The molecule has 102 valence electrons. The minimum absolute atomic E-state index is 0.0379. The second-order valence-corrected chi connectivity index (χ2v) is 6.37. The van der Waals surface area contributed by atoms with Crippen molar-refractivity contribution < 1.29 is 4.79 Å². The molecule has 1 aromatic heterocycles. The van der Waals surface area contributed by atoms with Crippen LogP contribution in [0.25, 0.3) is 0 Å². The van der Waals surface area contributed by atoms with E-state index in [0.717, 1.165) is 48.1 Å². The van der Waals surface area contributed by atoms with Gasteiger partial charge in [-0.3, -0.25) is 4.79 Å². The van der Waals surface area contributed by atoms with E-state index in [-0.39, 0.29) is 11.9 Å². The number of carbonyl (C=O) groups excluding carboxylic acids is 1. The highest BCUT2D eigenvalue weighted by atomic mass is 32.1. The topological polar surface area (TPSA) is 58.5 Å². The van der Waals surface area contributed by atoms with E-state index in [0.29, 0.717) is 6.04 Å². The minimum Gasteiger partial charge on any atom is -0.349 e. The van der Waals surface area contributed by atoms with E-state index in [4.69, 9.17) is 0 Å². The van der Waals surface area contributed by atoms with Crippen molar-refractivity contribution in [2.45, 2.75) is 57.0 Å². The van der Waals surface area contributed by atoms with Crippen LogP contribution < -0.4 is 5.32 Å². The number of nitrogens with one attached hydrogen (secondary N) is 1. The molecule has 0 aromatic carbocycles. The van der Waals surface area contributed by atoms with Crippen LogP contribution in [-0.2, 0) is 6.42 Å². The van der Waals surface area contributed by atoms with Crippen molar-refractivity contribution in [2.24, 2.45) is 5.18 Å². The summed E-state index contributed by atoms with van der Waals surface area (Å²) in [7, 11) is 0. The van der Waals surface area contributed by atoms with Crippen molar-refractivity contribution in [1.82, 2.24) is 5.32 Å². The summed E-state index contributed by atoms with van der Waals surface area (Å²) < 4.78 is 0. The van der Waals surface area contributed by atoms with E-state index >= 15 is 0 Å². The molecule has 1 saturated carbocycles. The molecule has 2 aliphatic carbocycles. The summed E-state index contributed by atoms with van der Waals surface area (Å²) in [6.07, 6.45) is 7.28. The average molecular weight is 278 g/mol. The Bertz CT molecular complexity index is 492. The Morgan fingerprint density at radius 1 is 1.26 bits per heavy atom. The SMILES string of the molecule is O=NC1CCCc2c(C(=O)NC3CCCC3)csc21. The molecular weight excluding hydrogens is 260 g/mol. The number of amides is 1. The number of hydrogen-bond acceptors (Lipinski definition) is 4. The summed E-state index contributed by atoms with van der Waals surface area (Å²) in [5.41, 5.74) is 1.84. The fraction of sp³-hybridized carbons (Fsp3) is 0.643. The summed E-state index contributed by atoms with van der Waals surface area (Å²) in [5.74, 6) is 0.0379. The number of fused-ring (bicyclic) bond motifs is 1. The van der Waals surface area contributed by atoms with Crippen molar-refractivity contribution in [3.8, 4) is 0 Å². The lowest BCUT2D eigenvalue weighted by molar-refractivity contribution is 0.0937. The Balaban J connectivity index is 1.79. The molecule has 1 amide bonds. The first-order valence-electron chi connectivity index (χ1n) is 7.03. The fourth-order valence-electron chi connectivity index (χ4n) is 3.16. The normalized spacial score (nSPS) is 23.1. The van der Waals surface area contributed by atoms with Gasteiger partial charge in [0.1, 0.15) is 6.04 Å². The molecule has 0 bridgehead atoms. The zero-order valence-corrected chi connectivity index (χ0v) is 11.7. The summed E-state index contributed by atoms with van der Waals surface area (Å²) in [4.78, 5) is 24.2. The quantitative estimate of drug-likeness (QED) is 0.859. The van der Waals surface area contributed by atoms with Gasteiger partial charge in [-0.05, 0) is 37.7 Å². The van der Waals surface area contributed by atoms with Gasteiger partial charge in [0, 0.05) is 16.3 Å². The van der Waals surface area contributed by atoms with Crippen LogP contribution in [0, 0.1) is 4.91 Å². The summed E-state index contributed by atoms with van der Waals surface area (Å²) in [5, 5.41) is 8.22. The zero-order chi connectivity index (χ0) is 13.2. The first-order chi connectivity index (χ1) is 9.29. The number of nitrogens with zero attached hydrogens (tertiary/aromatic N) is 1. The predicted molar refractivity (Wildman–Crippen MR) is 75.5 cm³/mol. The monoisotopic (exact) mass is 278 g/mol. The maximum Gasteiger partial charge on any atom is 0.252 e. The van der Waals surface area contributed by atoms with Gasteiger partial charge in [-0.2, -0.15) is 4.91 Å². The summed E-state index contributed by atoms with van der Waals surface area (Å²) >= 11 is 1.52. The van der Waals surface area contributed by atoms with Gasteiger partial charge < -0.3 is 5.32 Å². The highest BCUT2D eigenvalue weighted by molar-refractivity contribution is 7.10. The summed E-state index contributed by atoms with van der Waals surface area (Å²) in [6, 6.07) is 0.105.